The number of nitrogens with zero attached hydrogens (tertiary/aromatic N) is 2. The molecule has 0 saturated carbocycles. The van der Waals surface area contributed by atoms with Gasteiger partial charge in [0.05, 0.1) is 25.6 Å². The molecule has 2 N–H and O–H groups in total. The van der Waals surface area contributed by atoms with Gasteiger partial charge in [-0.25, -0.2) is 10.9 Å². The van der Waals surface area contributed by atoms with Gasteiger partial charge in [0.25, 0.3) is 0 Å². The predicted molar refractivity (Wildman–Crippen MR) is 107 cm³/mol. The van der Waals surface area contributed by atoms with E-state index in [9.17, 15) is 9.59 Å². The third-order valence-electron chi connectivity index (χ3n) is 3.83. The second-order valence-electron chi connectivity index (χ2n) is 5.74. The van der Waals surface area contributed by atoms with E-state index in [2.05, 4.69) is 21.1 Å². The Morgan fingerprint density at radius 2 is 1.14 bits per heavy atom. The number of amides is 2. The Morgan fingerprint density at radius 3 is 1.50 bits per heavy atom. The SMILES string of the molecule is COc1cccc(C(C)=NNC(=O)C(=O)NN=C(C)c2cccc(OC)c2)c1. The molecular formula is C20H22N4O4. The first-order valence-electron chi connectivity index (χ1n) is 8.42. The highest BCUT2D eigenvalue weighted by atomic mass is 16.5. The van der Waals surface area contributed by atoms with Gasteiger partial charge in [-0.05, 0) is 38.1 Å². The minimum atomic E-state index is -0.926. The fraction of sp³-hybridized carbons (Fsp3) is 0.200. The Kier molecular flexibility index (Phi) is 7.27. The van der Waals surface area contributed by atoms with Crippen molar-refractivity contribution in [2.45, 2.75) is 13.8 Å². The number of methoxy groups -OCH3 is 2. The molecular weight excluding hydrogens is 360 g/mol. The summed E-state index contributed by atoms with van der Waals surface area (Å²) in [6, 6.07) is 14.4. The fourth-order valence-electron chi connectivity index (χ4n) is 2.20. The Labute approximate surface area is 163 Å². The molecule has 0 aliphatic rings. The van der Waals surface area contributed by atoms with E-state index in [4.69, 9.17) is 9.47 Å². The van der Waals surface area contributed by atoms with Crippen molar-refractivity contribution in [1.82, 2.24) is 10.9 Å². The number of benzene rings is 2. The van der Waals surface area contributed by atoms with E-state index in [1.54, 1.807) is 64.5 Å². The van der Waals surface area contributed by atoms with Crippen molar-refractivity contribution in [3.63, 3.8) is 0 Å². The van der Waals surface area contributed by atoms with Gasteiger partial charge in [0, 0.05) is 11.1 Å². The molecule has 146 valence electrons. The van der Waals surface area contributed by atoms with Gasteiger partial charge < -0.3 is 9.47 Å². The third-order valence-corrected chi connectivity index (χ3v) is 3.83. The third kappa shape index (κ3) is 5.66. The van der Waals surface area contributed by atoms with Crippen molar-refractivity contribution in [2.75, 3.05) is 14.2 Å². The van der Waals surface area contributed by atoms with E-state index < -0.39 is 11.8 Å². The average Bonchev–Trinajstić information content (AvgIpc) is 2.75. The molecule has 0 radical (unpaired) electrons. The van der Waals surface area contributed by atoms with E-state index in [1.165, 1.54) is 0 Å². The first-order chi connectivity index (χ1) is 13.4. The summed E-state index contributed by atoms with van der Waals surface area (Å²) in [4.78, 5) is 23.8. The zero-order chi connectivity index (χ0) is 20.5. The predicted octanol–water partition coefficient (Wildman–Crippen LogP) is 2.08. The molecule has 28 heavy (non-hydrogen) atoms. The Balaban J connectivity index is 1.97. The number of nitrogens with one attached hydrogen (secondary N) is 2. The highest BCUT2D eigenvalue weighted by Crippen LogP contribution is 2.14. The minimum absolute atomic E-state index is 0.524. The smallest absolute Gasteiger partial charge is 0.331 e. The summed E-state index contributed by atoms with van der Waals surface area (Å²) >= 11 is 0. The summed E-state index contributed by atoms with van der Waals surface area (Å²) in [5.74, 6) is -0.522. The summed E-state index contributed by atoms with van der Waals surface area (Å²) in [5, 5.41) is 7.87. The largest absolute Gasteiger partial charge is 0.497 e. The summed E-state index contributed by atoms with van der Waals surface area (Å²) in [6.45, 7) is 3.41. The van der Waals surface area contributed by atoms with Crippen molar-refractivity contribution >= 4 is 23.2 Å². The zero-order valence-electron chi connectivity index (χ0n) is 16.1. The molecule has 0 fully saturated rings. The van der Waals surface area contributed by atoms with Crippen LogP contribution in [0.2, 0.25) is 0 Å². The highest BCUT2D eigenvalue weighted by molar-refractivity contribution is 6.35. The van der Waals surface area contributed by atoms with E-state index in [0.717, 1.165) is 11.1 Å². The van der Waals surface area contributed by atoms with Crippen LogP contribution in [0.5, 0.6) is 11.5 Å². The van der Waals surface area contributed by atoms with Crippen LogP contribution >= 0.6 is 0 Å². The van der Waals surface area contributed by atoms with Crippen molar-refractivity contribution in [3.8, 4) is 11.5 Å². The van der Waals surface area contributed by atoms with Gasteiger partial charge in [0.1, 0.15) is 11.5 Å². The lowest BCUT2D eigenvalue weighted by Crippen LogP contribution is -2.36. The molecule has 2 aromatic rings. The van der Waals surface area contributed by atoms with Crippen LogP contribution < -0.4 is 20.3 Å². The lowest BCUT2D eigenvalue weighted by Gasteiger charge is -2.06. The first-order valence-corrected chi connectivity index (χ1v) is 8.42. The molecule has 0 atom stereocenters. The van der Waals surface area contributed by atoms with E-state index in [1.807, 2.05) is 12.1 Å². The summed E-state index contributed by atoms with van der Waals surface area (Å²) in [6.07, 6.45) is 0. The van der Waals surface area contributed by atoms with Crippen LogP contribution in [-0.4, -0.2) is 37.5 Å². The lowest BCUT2D eigenvalue weighted by atomic mass is 10.1. The fourth-order valence-corrected chi connectivity index (χ4v) is 2.20. The number of ether oxygens (including phenoxy) is 2. The topological polar surface area (TPSA) is 101 Å². The normalized spacial score (nSPS) is 11.6. The van der Waals surface area contributed by atoms with Crippen molar-refractivity contribution < 1.29 is 19.1 Å². The number of hydrogen-bond acceptors (Lipinski definition) is 6. The Morgan fingerprint density at radius 1 is 0.750 bits per heavy atom. The number of hydrogen-bond donors (Lipinski definition) is 2. The van der Waals surface area contributed by atoms with E-state index in [-0.39, 0.29) is 0 Å². The standard InChI is InChI=1S/C20H22N4O4/c1-13(15-7-5-9-17(11-15)27-3)21-23-19(25)20(26)24-22-14(2)16-8-6-10-18(12-16)28-4/h5-12H,1-4H3,(H,23,25)(H,24,26). The molecule has 0 spiro atoms. The molecule has 0 saturated heterocycles. The highest BCUT2D eigenvalue weighted by Gasteiger charge is 2.12. The molecule has 0 unspecified atom stereocenters. The van der Waals surface area contributed by atoms with Gasteiger partial charge in [-0.15, -0.1) is 0 Å². The Bertz CT molecular complexity index is 846. The summed E-state index contributed by atoms with van der Waals surface area (Å²) in [5.41, 5.74) is 6.97. The van der Waals surface area contributed by atoms with Gasteiger partial charge in [-0.3, -0.25) is 9.59 Å². The van der Waals surface area contributed by atoms with Gasteiger partial charge >= 0.3 is 11.8 Å². The second kappa shape index (κ2) is 9.86. The quantitative estimate of drug-likeness (QED) is 0.454. The van der Waals surface area contributed by atoms with E-state index in [0.29, 0.717) is 22.9 Å². The van der Waals surface area contributed by atoms with Crippen LogP contribution in [0.15, 0.2) is 58.7 Å². The molecule has 8 heteroatoms. The monoisotopic (exact) mass is 382 g/mol. The minimum Gasteiger partial charge on any atom is -0.497 e. The maximum absolute atomic E-state index is 11.9. The molecule has 0 aliphatic heterocycles. The van der Waals surface area contributed by atoms with Crippen molar-refractivity contribution in [2.24, 2.45) is 10.2 Å². The molecule has 0 heterocycles. The van der Waals surface area contributed by atoms with Gasteiger partial charge in [-0.1, -0.05) is 24.3 Å². The van der Waals surface area contributed by atoms with Crippen LogP contribution in [0, 0.1) is 0 Å². The van der Waals surface area contributed by atoms with Crippen LogP contribution in [0.4, 0.5) is 0 Å². The van der Waals surface area contributed by atoms with Crippen LogP contribution in [0.25, 0.3) is 0 Å². The van der Waals surface area contributed by atoms with Crippen molar-refractivity contribution in [3.05, 3.63) is 59.7 Å². The van der Waals surface area contributed by atoms with Crippen molar-refractivity contribution in [1.29, 1.82) is 0 Å². The molecule has 2 rings (SSSR count). The van der Waals surface area contributed by atoms with Crippen LogP contribution in [0.1, 0.15) is 25.0 Å². The average molecular weight is 382 g/mol. The number of carbonyl (C=O) groups excluding carboxylic acids is 2. The van der Waals surface area contributed by atoms with Gasteiger partial charge in [-0.2, -0.15) is 10.2 Å². The van der Waals surface area contributed by atoms with Crippen LogP contribution in [-0.2, 0) is 9.59 Å². The molecule has 2 amide bonds. The summed E-state index contributed by atoms with van der Waals surface area (Å²) < 4.78 is 10.3. The first kappa shape index (κ1) is 20.6. The number of rotatable bonds is 6. The zero-order valence-corrected chi connectivity index (χ0v) is 16.1. The Hall–Kier alpha value is -3.68. The number of carbonyl (C=O) groups is 2. The maximum Gasteiger partial charge on any atom is 0.331 e. The van der Waals surface area contributed by atoms with Gasteiger partial charge in [0.15, 0.2) is 0 Å². The van der Waals surface area contributed by atoms with Crippen LogP contribution in [0.3, 0.4) is 0 Å². The molecule has 2 aromatic carbocycles. The molecule has 0 aliphatic carbocycles. The van der Waals surface area contributed by atoms with E-state index >= 15 is 0 Å². The number of hydrazone groups is 2. The van der Waals surface area contributed by atoms with Gasteiger partial charge in [0.2, 0.25) is 0 Å². The summed E-state index contributed by atoms with van der Waals surface area (Å²) in [7, 11) is 3.12. The second-order valence-corrected chi connectivity index (χ2v) is 5.74. The lowest BCUT2D eigenvalue weighted by molar-refractivity contribution is -0.139. The molecule has 8 nitrogen and oxygen atoms in total. The molecule has 0 aromatic heterocycles. The maximum atomic E-state index is 11.9. The molecule has 0 bridgehead atoms.